The lowest BCUT2D eigenvalue weighted by Gasteiger charge is -2.31. The Labute approximate surface area is 130 Å². The van der Waals surface area contributed by atoms with E-state index in [9.17, 15) is 4.79 Å². The fourth-order valence-electron chi connectivity index (χ4n) is 2.07. The number of benzene rings is 1. The largest absolute Gasteiger partial charge is 0.334 e. The number of halogens is 2. The first-order valence-electron chi connectivity index (χ1n) is 6.89. The van der Waals surface area contributed by atoms with Crippen molar-refractivity contribution in [2.45, 2.75) is 51.2 Å². The predicted molar refractivity (Wildman–Crippen MR) is 82.9 cm³/mol. The second-order valence-corrected chi connectivity index (χ2v) is 6.50. The van der Waals surface area contributed by atoms with Gasteiger partial charge in [-0.3, -0.25) is 4.79 Å². The first-order chi connectivity index (χ1) is 9.35. The summed E-state index contributed by atoms with van der Waals surface area (Å²) < 4.78 is 0. The van der Waals surface area contributed by atoms with E-state index in [4.69, 9.17) is 28.9 Å². The lowest BCUT2D eigenvalue weighted by molar-refractivity contribution is -0.137. The van der Waals surface area contributed by atoms with E-state index < -0.39 is 5.54 Å². The van der Waals surface area contributed by atoms with Crippen LogP contribution in [0.4, 0.5) is 0 Å². The Morgan fingerprint density at radius 3 is 2.55 bits per heavy atom. The van der Waals surface area contributed by atoms with Gasteiger partial charge in [-0.15, -0.1) is 0 Å². The molecule has 3 nitrogen and oxygen atoms in total. The maximum atomic E-state index is 12.6. The van der Waals surface area contributed by atoms with Crippen LogP contribution in [0.15, 0.2) is 18.2 Å². The molecule has 110 valence electrons. The summed E-state index contributed by atoms with van der Waals surface area (Å²) in [6.07, 6.45) is 2.72. The maximum Gasteiger partial charge on any atom is 0.242 e. The molecule has 0 aliphatic heterocycles. The molecule has 1 fully saturated rings. The molecule has 0 radical (unpaired) electrons. The Morgan fingerprint density at radius 2 is 2.05 bits per heavy atom. The zero-order valence-corrected chi connectivity index (χ0v) is 13.3. The van der Waals surface area contributed by atoms with E-state index in [1.54, 1.807) is 13.0 Å². The van der Waals surface area contributed by atoms with Crippen molar-refractivity contribution in [2.75, 3.05) is 0 Å². The van der Waals surface area contributed by atoms with Gasteiger partial charge in [-0.25, -0.2) is 0 Å². The van der Waals surface area contributed by atoms with E-state index in [1.165, 1.54) is 0 Å². The second kappa shape index (κ2) is 5.92. The number of hydrogen-bond donors (Lipinski definition) is 1. The number of carbonyl (C=O) groups excluding carboxylic acids is 1. The first kappa shape index (κ1) is 15.6. The zero-order valence-electron chi connectivity index (χ0n) is 11.8. The molecular weight excluding hydrogens is 295 g/mol. The van der Waals surface area contributed by atoms with E-state index >= 15 is 0 Å². The lowest BCUT2D eigenvalue weighted by atomic mass is 9.98. The number of amides is 1. The molecule has 0 aromatic heterocycles. The van der Waals surface area contributed by atoms with Crippen molar-refractivity contribution in [3.05, 3.63) is 33.8 Å². The molecule has 1 amide bonds. The number of rotatable bonds is 5. The molecule has 2 N–H and O–H groups in total. The van der Waals surface area contributed by atoms with E-state index in [0.29, 0.717) is 29.1 Å². The molecule has 0 bridgehead atoms. The van der Waals surface area contributed by atoms with E-state index in [2.05, 4.69) is 0 Å². The van der Waals surface area contributed by atoms with Gasteiger partial charge >= 0.3 is 0 Å². The molecule has 1 unspecified atom stereocenters. The van der Waals surface area contributed by atoms with E-state index in [1.807, 2.05) is 24.0 Å². The van der Waals surface area contributed by atoms with Crippen molar-refractivity contribution >= 4 is 29.1 Å². The van der Waals surface area contributed by atoms with Crippen LogP contribution in [0.25, 0.3) is 0 Å². The molecule has 1 atom stereocenters. The van der Waals surface area contributed by atoms with E-state index in [0.717, 1.165) is 18.4 Å². The van der Waals surface area contributed by atoms with Crippen molar-refractivity contribution in [2.24, 2.45) is 5.73 Å². The first-order valence-corrected chi connectivity index (χ1v) is 7.64. The van der Waals surface area contributed by atoms with Crippen LogP contribution in [-0.4, -0.2) is 22.4 Å². The molecule has 0 saturated heterocycles. The standard InChI is InChI=1S/C15H20Cl2N2O/c1-3-15(2,18)14(20)19(11-5-6-11)9-10-4-7-12(16)13(17)8-10/h4,7-8,11H,3,5-6,9,18H2,1-2H3. The molecule has 1 saturated carbocycles. The topological polar surface area (TPSA) is 46.3 Å². The Bertz CT molecular complexity index is 513. The molecule has 1 aromatic rings. The Balaban J connectivity index is 2.17. The molecule has 1 aliphatic carbocycles. The van der Waals surface area contributed by atoms with Crippen LogP contribution in [0.1, 0.15) is 38.7 Å². The summed E-state index contributed by atoms with van der Waals surface area (Å²) in [6, 6.07) is 5.78. The summed E-state index contributed by atoms with van der Waals surface area (Å²) in [5.74, 6) is 0.00794. The minimum absolute atomic E-state index is 0.00794. The SMILES string of the molecule is CCC(C)(N)C(=O)N(Cc1ccc(Cl)c(Cl)c1)C1CC1. The minimum atomic E-state index is -0.807. The highest BCUT2D eigenvalue weighted by Gasteiger charge is 2.39. The van der Waals surface area contributed by atoms with E-state index in [-0.39, 0.29) is 5.91 Å². The summed E-state index contributed by atoms with van der Waals surface area (Å²) in [7, 11) is 0. The molecule has 1 aliphatic rings. The highest BCUT2D eigenvalue weighted by Crippen LogP contribution is 2.31. The zero-order chi connectivity index (χ0) is 14.9. The van der Waals surface area contributed by atoms with Crippen LogP contribution in [0.2, 0.25) is 10.0 Å². The predicted octanol–water partition coefficient (Wildman–Crippen LogP) is 3.61. The lowest BCUT2D eigenvalue weighted by Crippen LogP contribution is -2.53. The minimum Gasteiger partial charge on any atom is -0.334 e. The van der Waals surface area contributed by atoms with Gasteiger partial charge in [0.05, 0.1) is 15.6 Å². The summed E-state index contributed by atoms with van der Waals surface area (Å²) in [4.78, 5) is 14.5. The highest BCUT2D eigenvalue weighted by atomic mass is 35.5. The number of nitrogens with two attached hydrogens (primary N) is 1. The number of nitrogens with zero attached hydrogens (tertiary/aromatic N) is 1. The second-order valence-electron chi connectivity index (χ2n) is 5.68. The average Bonchev–Trinajstić information content (AvgIpc) is 3.23. The third-order valence-corrected chi connectivity index (χ3v) is 4.55. The summed E-state index contributed by atoms with van der Waals surface area (Å²) in [6.45, 7) is 4.26. The fourth-order valence-corrected chi connectivity index (χ4v) is 2.39. The smallest absolute Gasteiger partial charge is 0.242 e. The van der Waals surface area contributed by atoms with Crippen LogP contribution in [-0.2, 0) is 11.3 Å². The van der Waals surface area contributed by atoms with Crippen LogP contribution < -0.4 is 5.73 Å². The molecule has 1 aromatic carbocycles. The highest BCUT2D eigenvalue weighted by molar-refractivity contribution is 6.42. The summed E-state index contributed by atoms with van der Waals surface area (Å²) in [5.41, 5.74) is 6.27. The van der Waals surface area contributed by atoms with Gasteiger partial charge in [-0.05, 0) is 43.9 Å². The molecule has 0 heterocycles. The average molecular weight is 315 g/mol. The van der Waals surface area contributed by atoms with Crippen LogP contribution in [0.5, 0.6) is 0 Å². The third-order valence-electron chi connectivity index (χ3n) is 3.81. The summed E-state index contributed by atoms with van der Waals surface area (Å²) >= 11 is 11.9. The Hall–Kier alpha value is -0.770. The van der Waals surface area contributed by atoms with Crippen molar-refractivity contribution in [3.63, 3.8) is 0 Å². The van der Waals surface area contributed by atoms with Gasteiger partial charge in [0.15, 0.2) is 0 Å². The van der Waals surface area contributed by atoms with Crippen molar-refractivity contribution in [1.29, 1.82) is 0 Å². The van der Waals surface area contributed by atoms with Gasteiger partial charge in [0.1, 0.15) is 0 Å². The molecule has 5 heteroatoms. The van der Waals surface area contributed by atoms with Gasteiger partial charge in [0, 0.05) is 12.6 Å². The normalized spacial score (nSPS) is 17.6. The van der Waals surface area contributed by atoms with Crippen molar-refractivity contribution < 1.29 is 4.79 Å². The van der Waals surface area contributed by atoms with Gasteiger partial charge in [0.2, 0.25) is 5.91 Å². The Kier molecular flexibility index (Phi) is 4.62. The van der Waals surface area contributed by atoms with Crippen LogP contribution in [0.3, 0.4) is 0 Å². The van der Waals surface area contributed by atoms with Gasteiger partial charge in [-0.1, -0.05) is 36.2 Å². The fraction of sp³-hybridized carbons (Fsp3) is 0.533. The van der Waals surface area contributed by atoms with Gasteiger partial charge in [0.25, 0.3) is 0 Å². The number of hydrogen-bond acceptors (Lipinski definition) is 2. The molecular formula is C15H20Cl2N2O. The molecule has 0 spiro atoms. The van der Waals surface area contributed by atoms with Gasteiger partial charge < -0.3 is 10.6 Å². The Morgan fingerprint density at radius 1 is 1.40 bits per heavy atom. The maximum absolute atomic E-state index is 12.6. The van der Waals surface area contributed by atoms with Crippen molar-refractivity contribution in [3.8, 4) is 0 Å². The molecule has 2 rings (SSSR count). The number of carbonyl (C=O) groups is 1. The quantitative estimate of drug-likeness (QED) is 0.902. The van der Waals surface area contributed by atoms with Gasteiger partial charge in [-0.2, -0.15) is 0 Å². The summed E-state index contributed by atoms with van der Waals surface area (Å²) in [5, 5.41) is 1.04. The molecule has 20 heavy (non-hydrogen) atoms. The van der Waals surface area contributed by atoms with Crippen molar-refractivity contribution in [1.82, 2.24) is 4.90 Å². The monoisotopic (exact) mass is 314 g/mol. The van der Waals surface area contributed by atoms with Crippen LogP contribution >= 0.6 is 23.2 Å². The van der Waals surface area contributed by atoms with Crippen LogP contribution in [0, 0.1) is 0 Å². The third kappa shape index (κ3) is 3.46.